The Kier molecular flexibility index (Phi) is 12.1. The maximum Gasteiger partial charge on any atom is 0.270 e. The van der Waals surface area contributed by atoms with Crippen LogP contribution < -0.4 is 0 Å². The van der Waals surface area contributed by atoms with Crippen LogP contribution in [0.15, 0.2) is 180 Å². The van der Waals surface area contributed by atoms with Gasteiger partial charge in [0, 0.05) is 64.7 Å². The maximum atomic E-state index is 14.6. The van der Waals surface area contributed by atoms with Crippen LogP contribution in [0.5, 0.6) is 0 Å². The Morgan fingerprint density at radius 2 is 0.809 bits per heavy atom. The van der Waals surface area contributed by atoms with E-state index >= 15 is 0 Å². The highest BCUT2D eigenvalue weighted by atomic mass is 32.1. The van der Waals surface area contributed by atoms with E-state index in [1.54, 1.807) is 69.6 Å². The molecule has 0 spiro atoms. The molecule has 0 fully saturated rings. The van der Waals surface area contributed by atoms with Gasteiger partial charge in [-0.1, -0.05) is 168 Å². The molecule has 0 amide bonds. The zero-order valence-corrected chi connectivity index (χ0v) is 54.9. The number of aromatic nitrogens is 4. The van der Waals surface area contributed by atoms with Crippen molar-refractivity contribution in [3.8, 4) is 37.7 Å². The summed E-state index contributed by atoms with van der Waals surface area (Å²) in [6.45, 7) is 16.5. The molecule has 440 valence electrons. The van der Waals surface area contributed by atoms with E-state index in [9.17, 15) is 25.4 Å². The van der Waals surface area contributed by atoms with Crippen LogP contribution in [0.4, 0.5) is 0 Å². The van der Waals surface area contributed by atoms with Gasteiger partial charge in [0.2, 0.25) is 0 Å². The molecule has 0 saturated heterocycles. The first kappa shape index (κ1) is 56.0. The van der Waals surface area contributed by atoms with Gasteiger partial charge >= 0.3 is 0 Å². The topological polar surface area (TPSA) is 161 Å². The van der Waals surface area contributed by atoms with E-state index < -0.39 is 10.8 Å². The van der Waals surface area contributed by atoms with E-state index in [2.05, 4.69) is 160 Å². The number of nitriles is 3. The molecule has 0 unspecified atom stereocenters. The second-order valence-electron chi connectivity index (χ2n) is 24.2. The lowest BCUT2D eigenvalue weighted by Crippen LogP contribution is -2.28. The van der Waals surface area contributed by atoms with Crippen molar-refractivity contribution in [1.82, 2.24) is 17.5 Å². The lowest BCUT2D eigenvalue weighted by molar-refractivity contribution is 0.103. The minimum absolute atomic E-state index is 0.118. The number of nitrogens with zero attached hydrogens (tertiary/aromatic N) is 8. The number of ketones is 2. The first-order valence-corrected chi connectivity index (χ1v) is 34.8. The Hall–Kier alpha value is -10.8. The number of rotatable bonds is 6. The minimum Gasteiger partial charge on any atom is -0.289 e. The normalized spacial score (nSPS) is 16.0. The molecule has 0 atom stereocenters. The van der Waals surface area contributed by atoms with Gasteiger partial charge in [0.1, 0.15) is 39.8 Å². The second kappa shape index (κ2) is 20.4. The van der Waals surface area contributed by atoms with Crippen molar-refractivity contribution in [2.24, 2.45) is 0 Å². The molecule has 8 aromatic carbocycles. The van der Waals surface area contributed by atoms with Crippen LogP contribution in [0, 0.1) is 68.3 Å². The maximum absolute atomic E-state index is 14.6. The van der Waals surface area contributed by atoms with E-state index in [1.807, 2.05) is 36.4 Å². The molecule has 18 rings (SSSR count). The monoisotopic (exact) mass is 1310 g/mol. The molecular weight excluding hydrogens is 1270 g/mol. The number of carbonyl (C=O) groups is 2. The molecule has 0 N–H and O–H groups in total. The molecule has 0 radical (unpaired) electrons. The molecule has 6 aromatic heterocycles. The van der Waals surface area contributed by atoms with Gasteiger partial charge in [0.05, 0.1) is 75.8 Å². The average molecular weight is 1310 g/mol. The number of aryl methyl sites for hydroxylation is 4. The fraction of sp³-hybridized carbons (Fsp3) is 0.0769. The van der Waals surface area contributed by atoms with Gasteiger partial charge in [-0.05, 0) is 108 Å². The van der Waals surface area contributed by atoms with Gasteiger partial charge in [0.15, 0.2) is 11.6 Å². The first-order chi connectivity index (χ1) is 45.9. The number of fused-ring (bicyclic) bond motifs is 21. The molecule has 14 aromatic rings. The lowest BCUT2D eigenvalue weighted by Gasteiger charge is -2.34. The molecule has 4 aliphatic rings. The Morgan fingerprint density at radius 3 is 1.18 bits per heavy atom. The molecule has 0 saturated carbocycles. The van der Waals surface area contributed by atoms with Crippen LogP contribution in [0.1, 0.15) is 108 Å². The van der Waals surface area contributed by atoms with Crippen molar-refractivity contribution < 1.29 is 9.59 Å². The average Bonchev–Trinajstić information content (AvgIpc) is 1.48. The van der Waals surface area contributed by atoms with Crippen molar-refractivity contribution in [3.05, 3.63) is 290 Å². The summed E-state index contributed by atoms with van der Waals surface area (Å²) in [6.07, 6.45) is 3.76. The fourth-order valence-electron chi connectivity index (χ4n) is 15.3. The van der Waals surface area contributed by atoms with Crippen LogP contribution in [0.25, 0.3) is 101 Å². The van der Waals surface area contributed by atoms with Gasteiger partial charge in [-0.15, -0.1) is 45.3 Å². The van der Waals surface area contributed by atoms with Gasteiger partial charge in [-0.2, -0.15) is 28.0 Å². The van der Waals surface area contributed by atoms with Crippen LogP contribution in [-0.2, 0) is 10.8 Å². The highest BCUT2D eigenvalue weighted by Gasteiger charge is 2.54. The summed E-state index contributed by atoms with van der Waals surface area (Å²) >= 11 is 9.01. The smallest absolute Gasteiger partial charge is 0.270 e. The third-order valence-electron chi connectivity index (χ3n) is 19.3. The molecule has 0 aliphatic heterocycles. The largest absolute Gasteiger partial charge is 0.289 e. The molecule has 4 aliphatic carbocycles. The summed E-state index contributed by atoms with van der Waals surface area (Å²) < 4.78 is 23.3. The number of carbonyl (C=O) groups excluding carboxylic acids is 2. The minimum atomic E-state index is -0.975. The van der Waals surface area contributed by atoms with Crippen molar-refractivity contribution in [2.45, 2.75) is 38.5 Å². The van der Waals surface area contributed by atoms with Crippen molar-refractivity contribution in [1.29, 1.82) is 15.8 Å². The predicted molar refractivity (Wildman–Crippen MR) is 381 cm³/mol. The molecule has 94 heavy (non-hydrogen) atoms. The van der Waals surface area contributed by atoms with E-state index in [-0.39, 0.29) is 22.8 Å². The van der Waals surface area contributed by atoms with Crippen LogP contribution in [0.3, 0.4) is 0 Å². The third kappa shape index (κ3) is 7.32. The number of allylic oxidation sites excluding steroid dienone is 6. The summed E-state index contributed by atoms with van der Waals surface area (Å²) in [4.78, 5) is 38.7. The van der Waals surface area contributed by atoms with Gasteiger partial charge in [-0.25, -0.2) is 10.1 Å². The summed E-state index contributed by atoms with van der Waals surface area (Å²) in [5.41, 5.74) is 17.2. The molecule has 0 bridgehead atoms. The lowest BCUT2D eigenvalue weighted by atomic mass is 9.66. The Morgan fingerprint density at radius 1 is 0.447 bits per heavy atom. The van der Waals surface area contributed by atoms with Crippen molar-refractivity contribution in [2.75, 3.05) is 0 Å². The highest BCUT2D eigenvalue weighted by Crippen LogP contribution is 2.69. The zero-order chi connectivity index (χ0) is 63.8. The fourth-order valence-corrected chi connectivity index (χ4v) is 21.8. The summed E-state index contributed by atoms with van der Waals surface area (Å²) in [6, 6.07) is 60.6. The number of hydrogen-bond donors (Lipinski definition) is 0. The predicted octanol–water partition coefficient (Wildman–Crippen LogP) is 19.9. The van der Waals surface area contributed by atoms with E-state index in [0.717, 1.165) is 149 Å². The summed E-state index contributed by atoms with van der Waals surface area (Å²) in [5.74, 6) is -0.470. The third-order valence-corrected chi connectivity index (χ3v) is 25.2. The highest BCUT2D eigenvalue weighted by molar-refractivity contribution is 7.29. The van der Waals surface area contributed by atoms with E-state index in [4.69, 9.17) is 24.1 Å². The standard InChI is InChI=1S/C78H40N8O2S6/c1-37-14-22-42(23-15-37)77(43-24-16-38(2)17-25-43)54-32-46(30-52-57(41(34-79)35-80)48-10-6-8-12-50(48)69(52)87)89-71(54)75-63(77)61-59-60(66-67(73(61)91-75)85-93-84-66)62-64-76(92-74(62)68-65(59)83-94-86-68)72-55(78(64,44-26-18-39(3)19-27-44)45-28-20-40(4)21-29-45)33-47(90-72)31-53-58(56(36-81)82-5)49-11-7-9-13-51(49)70(53)88/h6-33H,1-4H3/b52-30-,53-31-,58-56?. The zero-order valence-electron chi connectivity index (χ0n) is 50.0. The number of thiophene rings is 4. The SMILES string of the molecule is [C-]#[N+]C(C#N)=C1/C(=C/c2cc3c(s2)-c2sc4c5nsnc5c5c6c7c(sc6c6nsnc6c5c4c2C3(c2ccc(C)cc2)c2ccc(C)cc2)-c2sc(/C=C3\C(=O)c4ccccc4C3=C(C#N)C#N)cc2C7(c2ccc(C)cc2)c2ccc(C)cc2)C(=O)c2ccccc21. The van der Waals surface area contributed by atoms with Crippen molar-refractivity contribution in [3.63, 3.8) is 0 Å². The first-order valence-electron chi connectivity index (χ1n) is 30.0. The van der Waals surface area contributed by atoms with Crippen LogP contribution in [-0.4, -0.2) is 29.1 Å². The van der Waals surface area contributed by atoms with E-state index in [0.29, 0.717) is 44.5 Å². The second-order valence-corrected chi connectivity index (χ2v) is 29.5. The number of Topliss-reactive ketones (excluding diaryl/α,β-unsaturated/α-hetero) is 2. The van der Waals surface area contributed by atoms with Gasteiger partial charge in [0.25, 0.3) is 5.70 Å². The number of hydrogen-bond acceptors (Lipinski definition) is 15. The molecule has 6 heterocycles. The number of benzene rings is 8. The van der Waals surface area contributed by atoms with Crippen molar-refractivity contribution >= 4 is 157 Å². The molecule has 16 heteroatoms. The van der Waals surface area contributed by atoms with Crippen LogP contribution in [0.2, 0.25) is 0 Å². The van der Waals surface area contributed by atoms with E-state index in [1.165, 1.54) is 23.5 Å². The molecule has 10 nitrogen and oxygen atoms in total. The molecular formula is C78H40N8O2S6. The Labute approximate surface area is 561 Å². The summed E-state index contributed by atoms with van der Waals surface area (Å²) in [5, 5.41) is 35.1. The summed E-state index contributed by atoms with van der Waals surface area (Å²) in [7, 11) is 0. The van der Waals surface area contributed by atoms with Gasteiger partial charge in [-0.3, -0.25) is 9.59 Å². The quantitative estimate of drug-likeness (QED) is 0.0896. The van der Waals surface area contributed by atoms with Crippen LogP contribution >= 0.6 is 68.8 Å². The Bertz CT molecular complexity index is 5670. The van der Waals surface area contributed by atoms with Gasteiger partial charge < -0.3 is 0 Å². The Balaban J connectivity index is 0.985.